The highest BCUT2D eigenvalue weighted by Crippen LogP contribution is 2.11. The summed E-state index contributed by atoms with van der Waals surface area (Å²) in [6, 6.07) is 0.324. The van der Waals surface area contributed by atoms with Gasteiger partial charge in [-0.25, -0.2) is 4.79 Å². The fourth-order valence-corrected chi connectivity index (χ4v) is 2.48. The molecular formula is C17H34N4O3. The Labute approximate surface area is 146 Å². The Morgan fingerprint density at radius 3 is 2.58 bits per heavy atom. The molecule has 0 aliphatic carbocycles. The van der Waals surface area contributed by atoms with Gasteiger partial charge in [0.2, 0.25) is 0 Å². The number of hydrogen-bond donors (Lipinski definition) is 2. The van der Waals surface area contributed by atoms with E-state index in [-0.39, 0.29) is 6.09 Å². The van der Waals surface area contributed by atoms with Crippen molar-refractivity contribution in [3.05, 3.63) is 0 Å². The van der Waals surface area contributed by atoms with Crippen LogP contribution in [0.5, 0.6) is 0 Å². The number of carbonyl (C=O) groups excluding carboxylic acids is 1. The summed E-state index contributed by atoms with van der Waals surface area (Å²) in [7, 11) is 0. The average Bonchev–Trinajstić information content (AvgIpc) is 2.55. The van der Waals surface area contributed by atoms with E-state index in [0.717, 1.165) is 32.0 Å². The molecule has 1 heterocycles. The Kier molecular flexibility index (Phi) is 10.2. The van der Waals surface area contributed by atoms with Gasteiger partial charge in [-0.2, -0.15) is 0 Å². The summed E-state index contributed by atoms with van der Waals surface area (Å²) in [6.45, 7) is 12.9. The standard InChI is InChI=1S/C17H34N4O3/c1-5-18-16(19-9-12-23-13-14(3)4)20-15-7-10-21(11-8-15)17(22)24-6-2/h14-15H,5-13H2,1-4H3,(H2,18,19,20). The molecule has 1 aliphatic rings. The van der Waals surface area contributed by atoms with Crippen molar-refractivity contribution in [3.63, 3.8) is 0 Å². The summed E-state index contributed by atoms with van der Waals surface area (Å²) >= 11 is 0. The fourth-order valence-electron chi connectivity index (χ4n) is 2.48. The Morgan fingerprint density at radius 2 is 2.00 bits per heavy atom. The SMILES string of the molecule is CCNC(=NCCOCC(C)C)NC1CCN(C(=O)OCC)CC1. The van der Waals surface area contributed by atoms with Crippen molar-refractivity contribution >= 4 is 12.1 Å². The van der Waals surface area contributed by atoms with E-state index in [2.05, 4.69) is 36.4 Å². The molecule has 140 valence electrons. The highest BCUT2D eigenvalue weighted by Gasteiger charge is 2.23. The first-order valence-corrected chi connectivity index (χ1v) is 9.11. The van der Waals surface area contributed by atoms with Crippen molar-refractivity contribution < 1.29 is 14.3 Å². The minimum atomic E-state index is -0.209. The molecule has 1 saturated heterocycles. The van der Waals surface area contributed by atoms with E-state index in [1.807, 2.05) is 6.92 Å². The molecule has 1 fully saturated rings. The number of ether oxygens (including phenoxy) is 2. The van der Waals surface area contributed by atoms with Crippen LogP contribution in [0.4, 0.5) is 4.79 Å². The van der Waals surface area contributed by atoms with Crippen LogP contribution < -0.4 is 10.6 Å². The highest BCUT2D eigenvalue weighted by molar-refractivity contribution is 5.80. The number of likely N-dealkylation sites (tertiary alicyclic amines) is 1. The predicted molar refractivity (Wildman–Crippen MR) is 96.4 cm³/mol. The molecule has 0 atom stereocenters. The smallest absolute Gasteiger partial charge is 0.409 e. The van der Waals surface area contributed by atoms with Gasteiger partial charge >= 0.3 is 6.09 Å². The topological polar surface area (TPSA) is 75.2 Å². The number of hydrogen-bond acceptors (Lipinski definition) is 4. The Balaban J connectivity index is 2.33. The molecule has 0 spiro atoms. The Morgan fingerprint density at radius 1 is 1.29 bits per heavy atom. The van der Waals surface area contributed by atoms with Crippen LogP contribution in [0.3, 0.4) is 0 Å². The number of carbonyl (C=O) groups is 1. The molecule has 7 heteroatoms. The quantitative estimate of drug-likeness (QED) is 0.400. The number of nitrogens with zero attached hydrogens (tertiary/aromatic N) is 2. The van der Waals surface area contributed by atoms with Gasteiger partial charge in [0.15, 0.2) is 5.96 Å². The minimum absolute atomic E-state index is 0.209. The van der Waals surface area contributed by atoms with Crippen LogP contribution in [0.1, 0.15) is 40.5 Å². The summed E-state index contributed by atoms with van der Waals surface area (Å²) in [6.07, 6.45) is 1.58. The first kappa shape index (κ1) is 20.5. The third-order valence-corrected chi connectivity index (χ3v) is 3.66. The second-order valence-electron chi connectivity index (χ2n) is 6.33. The average molecular weight is 342 g/mol. The van der Waals surface area contributed by atoms with Crippen LogP contribution in [0.25, 0.3) is 0 Å². The second kappa shape index (κ2) is 11.9. The Hall–Kier alpha value is -1.50. The summed E-state index contributed by atoms with van der Waals surface area (Å²) in [5, 5.41) is 6.71. The Bertz CT molecular complexity index is 380. The van der Waals surface area contributed by atoms with Crippen LogP contribution in [0.15, 0.2) is 4.99 Å². The van der Waals surface area contributed by atoms with Crippen LogP contribution in [0, 0.1) is 5.92 Å². The van der Waals surface area contributed by atoms with E-state index in [9.17, 15) is 4.79 Å². The summed E-state index contributed by atoms with van der Waals surface area (Å²) in [5.41, 5.74) is 0. The molecule has 1 rings (SSSR count). The fraction of sp³-hybridized carbons (Fsp3) is 0.882. The van der Waals surface area contributed by atoms with Gasteiger partial charge in [-0.1, -0.05) is 13.8 Å². The third kappa shape index (κ3) is 8.38. The number of nitrogens with one attached hydrogen (secondary N) is 2. The van der Waals surface area contributed by atoms with Gasteiger partial charge in [0.25, 0.3) is 0 Å². The lowest BCUT2D eigenvalue weighted by Gasteiger charge is -2.32. The third-order valence-electron chi connectivity index (χ3n) is 3.66. The number of piperidine rings is 1. The molecule has 0 aromatic heterocycles. The zero-order chi connectivity index (χ0) is 17.8. The molecular weight excluding hydrogens is 308 g/mol. The molecule has 2 N–H and O–H groups in total. The van der Waals surface area contributed by atoms with Crippen molar-refractivity contribution in [3.8, 4) is 0 Å². The van der Waals surface area contributed by atoms with Crippen LogP contribution in [0.2, 0.25) is 0 Å². The molecule has 0 bridgehead atoms. The molecule has 1 aliphatic heterocycles. The van der Waals surface area contributed by atoms with E-state index >= 15 is 0 Å². The van der Waals surface area contributed by atoms with E-state index in [0.29, 0.717) is 44.8 Å². The molecule has 0 aromatic carbocycles. The van der Waals surface area contributed by atoms with Gasteiger partial charge in [-0.05, 0) is 32.6 Å². The van der Waals surface area contributed by atoms with Crippen molar-refractivity contribution in [2.75, 3.05) is 46.0 Å². The van der Waals surface area contributed by atoms with Crippen molar-refractivity contribution in [2.24, 2.45) is 10.9 Å². The summed E-state index contributed by atoms with van der Waals surface area (Å²) < 4.78 is 10.6. The molecule has 0 unspecified atom stereocenters. The van der Waals surface area contributed by atoms with E-state index in [4.69, 9.17) is 9.47 Å². The second-order valence-corrected chi connectivity index (χ2v) is 6.33. The molecule has 0 aromatic rings. The van der Waals surface area contributed by atoms with Gasteiger partial charge in [0.05, 0.1) is 19.8 Å². The molecule has 24 heavy (non-hydrogen) atoms. The maximum Gasteiger partial charge on any atom is 0.409 e. The summed E-state index contributed by atoms with van der Waals surface area (Å²) in [4.78, 5) is 18.0. The first-order valence-electron chi connectivity index (χ1n) is 9.11. The lowest BCUT2D eigenvalue weighted by Crippen LogP contribution is -2.50. The van der Waals surface area contributed by atoms with Crippen molar-refractivity contribution in [1.29, 1.82) is 0 Å². The maximum atomic E-state index is 11.7. The highest BCUT2D eigenvalue weighted by atomic mass is 16.6. The van der Waals surface area contributed by atoms with Gasteiger partial charge in [0, 0.05) is 32.3 Å². The molecule has 7 nitrogen and oxygen atoms in total. The van der Waals surface area contributed by atoms with E-state index in [1.54, 1.807) is 4.90 Å². The number of rotatable bonds is 8. The largest absolute Gasteiger partial charge is 0.450 e. The number of guanidine groups is 1. The van der Waals surface area contributed by atoms with Gasteiger partial charge < -0.3 is 25.0 Å². The zero-order valence-electron chi connectivity index (χ0n) is 15.6. The van der Waals surface area contributed by atoms with Crippen LogP contribution in [-0.4, -0.2) is 69.0 Å². The van der Waals surface area contributed by atoms with E-state index < -0.39 is 0 Å². The molecule has 0 saturated carbocycles. The van der Waals surface area contributed by atoms with Crippen molar-refractivity contribution in [2.45, 2.75) is 46.6 Å². The normalized spacial score (nSPS) is 16.4. The lowest BCUT2D eigenvalue weighted by atomic mass is 10.1. The monoisotopic (exact) mass is 342 g/mol. The van der Waals surface area contributed by atoms with Crippen LogP contribution >= 0.6 is 0 Å². The number of aliphatic imine (C=N–C) groups is 1. The first-order chi connectivity index (χ1) is 11.6. The van der Waals surface area contributed by atoms with Gasteiger partial charge in [0.1, 0.15) is 0 Å². The van der Waals surface area contributed by atoms with Gasteiger partial charge in [-0.3, -0.25) is 4.99 Å². The zero-order valence-corrected chi connectivity index (χ0v) is 15.6. The summed E-state index contributed by atoms with van der Waals surface area (Å²) in [5.74, 6) is 1.37. The lowest BCUT2D eigenvalue weighted by molar-refractivity contribution is 0.0962. The predicted octanol–water partition coefficient (Wildman–Crippen LogP) is 1.83. The van der Waals surface area contributed by atoms with Crippen molar-refractivity contribution in [1.82, 2.24) is 15.5 Å². The van der Waals surface area contributed by atoms with Gasteiger partial charge in [-0.15, -0.1) is 0 Å². The van der Waals surface area contributed by atoms with E-state index in [1.165, 1.54) is 0 Å². The number of amides is 1. The maximum absolute atomic E-state index is 11.7. The molecule has 0 radical (unpaired) electrons. The van der Waals surface area contributed by atoms with Crippen LogP contribution in [-0.2, 0) is 9.47 Å². The minimum Gasteiger partial charge on any atom is -0.450 e. The molecule has 1 amide bonds.